The lowest BCUT2D eigenvalue weighted by Gasteiger charge is -2.38. The molecular formula is C14H19NO6. The summed E-state index contributed by atoms with van der Waals surface area (Å²) in [6.07, 6.45) is -5.59. The van der Waals surface area contributed by atoms with Crippen molar-refractivity contribution in [2.75, 3.05) is 5.32 Å². The highest BCUT2D eigenvalue weighted by atomic mass is 16.7. The van der Waals surface area contributed by atoms with Gasteiger partial charge in [-0.3, -0.25) is 4.79 Å². The number of amides is 1. The summed E-state index contributed by atoms with van der Waals surface area (Å²) in [4.78, 5) is 10.9. The van der Waals surface area contributed by atoms with Crippen molar-refractivity contribution in [2.24, 2.45) is 0 Å². The van der Waals surface area contributed by atoms with Crippen LogP contribution in [0.5, 0.6) is 5.75 Å². The SMILES string of the molecule is CC(=O)Nc1ccc(O[C@H]2O[C@H](C)[C@@H](O)[C@H](O)[C@@H]2O)cc1. The molecule has 1 saturated heterocycles. The second-order valence-electron chi connectivity index (χ2n) is 5.00. The number of hydrogen-bond donors (Lipinski definition) is 4. The molecule has 1 aliphatic rings. The Hall–Kier alpha value is -1.67. The van der Waals surface area contributed by atoms with E-state index in [2.05, 4.69) is 5.32 Å². The maximum Gasteiger partial charge on any atom is 0.229 e. The van der Waals surface area contributed by atoms with Crippen molar-refractivity contribution in [3.05, 3.63) is 24.3 Å². The molecule has 1 fully saturated rings. The maximum absolute atomic E-state index is 10.9. The lowest BCUT2D eigenvalue weighted by atomic mass is 10.00. The molecule has 0 unspecified atom stereocenters. The molecule has 0 radical (unpaired) electrons. The van der Waals surface area contributed by atoms with Gasteiger partial charge in [0.15, 0.2) is 0 Å². The summed E-state index contributed by atoms with van der Waals surface area (Å²) in [6.45, 7) is 2.99. The molecule has 21 heavy (non-hydrogen) atoms. The van der Waals surface area contributed by atoms with Gasteiger partial charge in [-0.2, -0.15) is 0 Å². The molecule has 0 spiro atoms. The van der Waals surface area contributed by atoms with Crippen molar-refractivity contribution in [1.82, 2.24) is 0 Å². The van der Waals surface area contributed by atoms with Crippen LogP contribution in [0.1, 0.15) is 13.8 Å². The highest BCUT2D eigenvalue weighted by Crippen LogP contribution is 2.24. The number of benzene rings is 1. The molecule has 116 valence electrons. The standard InChI is InChI=1S/C14H19NO6/c1-7-11(17)12(18)13(19)14(20-7)21-10-5-3-9(4-6-10)15-8(2)16/h3-7,11-14,17-19H,1-2H3,(H,15,16)/t7-,11-,12+,13+,14-/m1/s1. The minimum atomic E-state index is -1.36. The van der Waals surface area contributed by atoms with Gasteiger partial charge in [0, 0.05) is 12.6 Å². The van der Waals surface area contributed by atoms with E-state index in [-0.39, 0.29) is 5.91 Å². The molecule has 1 aliphatic heterocycles. The van der Waals surface area contributed by atoms with E-state index in [1.165, 1.54) is 6.92 Å². The molecule has 1 heterocycles. The van der Waals surface area contributed by atoms with Crippen molar-refractivity contribution in [3.8, 4) is 5.75 Å². The molecule has 1 aromatic carbocycles. The largest absolute Gasteiger partial charge is 0.462 e. The first kappa shape index (κ1) is 15.7. The number of aliphatic hydroxyl groups is 3. The summed E-state index contributed by atoms with van der Waals surface area (Å²) in [5.41, 5.74) is 0.615. The van der Waals surface area contributed by atoms with E-state index >= 15 is 0 Å². The number of ether oxygens (including phenoxy) is 2. The fourth-order valence-electron chi connectivity index (χ4n) is 2.06. The summed E-state index contributed by atoms with van der Waals surface area (Å²) < 4.78 is 10.8. The Morgan fingerprint density at radius 2 is 1.76 bits per heavy atom. The second kappa shape index (κ2) is 6.40. The first-order valence-corrected chi connectivity index (χ1v) is 6.62. The number of rotatable bonds is 3. The molecular weight excluding hydrogens is 278 g/mol. The zero-order chi connectivity index (χ0) is 15.6. The van der Waals surface area contributed by atoms with Crippen LogP contribution in [0.3, 0.4) is 0 Å². The maximum atomic E-state index is 10.9. The first-order valence-electron chi connectivity index (χ1n) is 6.62. The fourth-order valence-corrected chi connectivity index (χ4v) is 2.06. The van der Waals surface area contributed by atoms with Crippen molar-refractivity contribution in [3.63, 3.8) is 0 Å². The van der Waals surface area contributed by atoms with Gasteiger partial charge in [0.05, 0.1) is 6.10 Å². The van der Waals surface area contributed by atoms with Crippen LogP contribution in [0.15, 0.2) is 24.3 Å². The molecule has 0 aliphatic carbocycles. The first-order chi connectivity index (χ1) is 9.88. The van der Waals surface area contributed by atoms with Gasteiger partial charge in [-0.05, 0) is 31.2 Å². The topological polar surface area (TPSA) is 108 Å². The molecule has 7 nitrogen and oxygen atoms in total. The molecule has 0 bridgehead atoms. The summed E-state index contributed by atoms with van der Waals surface area (Å²) in [6, 6.07) is 6.48. The van der Waals surface area contributed by atoms with E-state index in [1.807, 2.05) is 0 Å². The predicted octanol–water partition coefficient (Wildman–Crippen LogP) is -0.149. The third-order valence-electron chi connectivity index (χ3n) is 3.24. The minimum Gasteiger partial charge on any atom is -0.462 e. The smallest absolute Gasteiger partial charge is 0.229 e. The fraction of sp³-hybridized carbons (Fsp3) is 0.500. The van der Waals surface area contributed by atoms with Crippen LogP contribution >= 0.6 is 0 Å². The molecule has 0 saturated carbocycles. The lowest BCUT2D eigenvalue weighted by molar-refractivity contribution is -0.268. The molecule has 0 aromatic heterocycles. The third-order valence-corrected chi connectivity index (χ3v) is 3.24. The number of hydrogen-bond acceptors (Lipinski definition) is 6. The summed E-state index contributed by atoms with van der Waals surface area (Å²) in [7, 11) is 0. The lowest BCUT2D eigenvalue weighted by Crippen LogP contribution is -2.58. The van der Waals surface area contributed by atoms with Gasteiger partial charge in [0.2, 0.25) is 12.2 Å². The molecule has 1 aromatic rings. The van der Waals surface area contributed by atoms with Crippen LogP contribution in [-0.2, 0) is 9.53 Å². The highest BCUT2D eigenvalue weighted by molar-refractivity contribution is 5.88. The minimum absolute atomic E-state index is 0.180. The van der Waals surface area contributed by atoms with E-state index < -0.39 is 30.7 Å². The molecule has 1 amide bonds. The summed E-state index contributed by atoms with van der Waals surface area (Å²) in [5.74, 6) is 0.226. The molecule has 4 N–H and O–H groups in total. The zero-order valence-corrected chi connectivity index (χ0v) is 11.8. The zero-order valence-electron chi connectivity index (χ0n) is 11.8. The van der Waals surface area contributed by atoms with Crippen molar-refractivity contribution in [1.29, 1.82) is 0 Å². The predicted molar refractivity (Wildman–Crippen MR) is 73.7 cm³/mol. The van der Waals surface area contributed by atoms with Crippen LogP contribution < -0.4 is 10.1 Å². The van der Waals surface area contributed by atoms with Crippen LogP contribution in [-0.4, -0.2) is 51.9 Å². The number of anilines is 1. The van der Waals surface area contributed by atoms with Crippen LogP contribution in [0.25, 0.3) is 0 Å². The number of carbonyl (C=O) groups excluding carboxylic acids is 1. The monoisotopic (exact) mass is 297 g/mol. The van der Waals surface area contributed by atoms with Gasteiger partial charge < -0.3 is 30.1 Å². The number of carbonyl (C=O) groups is 1. The Bertz CT molecular complexity index is 491. The van der Waals surface area contributed by atoms with Crippen molar-refractivity contribution in [2.45, 2.75) is 44.6 Å². The van der Waals surface area contributed by atoms with Crippen molar-refractivity contribution < 1.29 is 29.6 Å². The van der Waals surface area contributed by atoms with E-state index in [1.54, 1.807) is 31.2 Å². The second-order valence-corrected chi connectivity index (χ2v) is 5.00. The molecule has 7 heteroatoms. The Balaban J connectivity index is 2.02. The van der Waals surface area contributed by atoms with Gasteiger partial charge in [0.1, 0.15) is 24.1 Å². The normalized spacial score (nSPS) is 32.5. The van der Waals surface area contributed by atoms with Crippen molar-refractivity contribution >= 4 is 11.6 Å². The van der Waals surface area contributed by atoms with Crippen LogP contribution in [0, 0.1) is 0 Å². The van der Waals surface area contributed by atoms with Gasteiger partial charge in [-0.15, -0.1) is 0 Å². The molecule has 2 rings (SSSR count). The summed E-state index contributed by atoms with van der Waals surface area (Å²) in [5, 5.41) is 31.8. The van der Waals surface area contributed by atoms with Crippen LogP contribution in [0.4, 0.5) is 5.69 Å². The van der Waals surface area contributed by atoms with Crippen LogP contribution in [0.2, 0.25) is 0 Å². The Morgan fingerprint density at radius 1 is 1.14 bits per heavy atom. The van der Waals surface area contributed by atoms with E-state index in [4.69, 9.17) is 9.47 Å². The van der Waals surface area contributed by atoms with E-state index in [9.17, 15) is 20.1 Å². The highest BCUT2D eigenvalue weighted by Gasteiger charge is 2.43. The Kier molecular flexibility index (Phi) is 4.79. The van der Waals surface area contributed by atoms with Gasteiger partial charge >= 0.3 is 0 Å². The van der Waals surface area contributed by atoms with E-state index in [0.717, 1.165) is 0 Å². The third kappa shape index (κ3) is 3.70. The molecule has 5 atom stereocenters. The number of nitrogens with one attached hydrogen (secondary N) is 1. The van der Waals surface area contributed by atoms with Gasteiger partial charge in [0.25, 0.3) is 0 Å². The van der Waals surface area contributed by atoms with Gasteiger partial charge in [-0.25, -0.2) is 0 Å². The average Bonchev–Trinajstić information content (AvgIpc) is 2.44. The average molecular weight is 297 g/mol. The Morgan fingerprint density at radius 3 is 2.33 bits per heavy atom. The summed E-state index contributed by atoms with van der Waals surface area (Å²) >= 11 is 0. The Labute approximate surface area is 122 Å². The number of aliphatic hydroxyl groups excluding tert-OH is 3. The van der Waals surface area contributed by atoms with Gasteiger partial charge in [-0.1, -0.05) is 0 Å². The van der Waals surface area contributed by atoms with E-state index in [0.29, 0.717) is 11.4 Å². The quantitative estimate of drug-likeness (QED) is 0.618.